The fourth-order valence-electron chi connectivity index (χ4n) is 2.25. The molecular formula is C18H24N4O3. The van der Waals surface area contributed by atoms with Crippen LogP contribution in [0.5, 0.6) is 5.75 Å². The zero-order chi connectivity index (χ0) is 17.9. The van der Waals surface area contributed by atoms with E-state index in [1.165, 1.54) is 6.33 Å². The summed E-state index contributed by atoms with van der Waals surface area (Å²) in [6.07, 6.45) is 2.97. The van der Waals surface area contributed by atoms with Gasteiger partial charge in [-0.25, -0.2) is 9.97 Å². The average molecular weight is 344 g/mol. The molecule has 2 aromatic rings. The van der Waals surface area contributed by atoms with Crippen LogP contribution in [0, 0.1) is 0 Å². The first-order valence-corrected chi connectivity index (χ1v) is 8.19. The molecule has 0 spiro atoms. The van der Waals surface area contributed by atoms with Crippen LogP contribution in [-0.2, 0) is 11.2 Å². The quantitative estimate of drug-likeness (QED) is 0.641. The lowest BCUT2D eigenvalue weighted by atomic mass is 10.1. The monoisotopic (exact) mass is 344 g/mol. The van der Waals surface area contributed by atoms with E-state index < -0.39 is 0 Å². The highest BCUT2D eigenvalue weighted by atomic mass is 16.5. The number of carbonyl (C=O) groups is 1. The number of aromatic nitrogens is 2. The zero-order valence-electron chi connectivity index (χ0n) is 14.6. The molecule has 0 aliphatic rings. The molecule has 0 saturated carbocycles. The van der Waals surface area contributed by atoms with Crippen LogP contribution in [-0.4, -0.2) is 49.8 Å². The lowest BCUT2D eigenvalue weighted by molar-refractivity contribution is 0.0949. The van der Waals surface area contributed by atoms with Gasteiger partial charge in [0.2, 0.25) is 0 Å². The summed E-state index contributed by atoms with van der Waals surface area (Å²) in [4.78, 5) is 20.4. The fourth-order valence-corrected chi connectivity index (χ4v) is 2.25. The summed E-state index contributed by atoms with van der Waals surface area (Å²) in [5.41, 5.74) is 1.44. The Morgan fingerprint density at radius 3 is 2.84 bits per heavy atom. The van der Waals surface area contributed by atoms with Gasteiger partial charge in [0, 0.05) is 32.9 Å². The molecule has 0 aliphatic heterocycles. The first-order valence-electron chi connectivity index (χ1n) is 8.19. The van der Waals surface area contributed by atoms with Gasteiger partial charge in [-0.3, -0.25) is 4.79 Å². The molecule has 1 heterocycles. The van der Waals surface area contributed by atoms with Crippen LogP contribution < -0.4 is 15.4 Å². The Kier molecular flexibility index (Phi) is 7.65. The number of anilines is 1. The molecule has 0 radical (unpaired) electrons. The summed E-state index contributed by atoms with van der Waals surface area (Å²) in [5, 5.41) is 6.02. The first kappa shape index (κ1) is 18.7. The van der Waals surface area contributed by atoms with E-state index in [1.807, 2.05) is 24.3 Å². The summed E-state index contributed by atoms with van der Waals surface area (Å²) in [5.74, 6) is 1.22. The third-order valence-corrected chi connectivity index (χ3v) is 3.56. The van der Waals surface area contributed by atoms with E-state index in [0.29, 0.717) is 24.7 Å². The smallest absolute Gasteiger partial charge is 0.270 e. The van der Waals surface area contributed by atoms with Crippen molar-refractivity contribution in [3.63, 3.8) is 0 Å². The molecule has 0 saturated heterocycles. The molecule has 7 heteroatoms. The maximum Gasteiger partial charge on any atom is 0.270 e. The standard InChI is InChI=1S/C18H24N4O3/c1-24-10-4-8-19-17-12-16(21-13-22-17)18(23)20-9-7-14-5-3-6-15(11-14)25-2/h3,5-6,11-13H,4,7-10H2,1-2H3,(H,20,23)(H,19,21,22). The van der Waals surface area contributed by atoms with Crippen molar-refractivity contribution in [1.82, 2.24) is 15.3 Å². The van der Waals surface area contributed by atoms with Crippen molar-refractivity contribution in [2.24, 2.45) is 0 Å². The van der Waals surface area contributed by atoms with Crippen LogP contribution in [0.25, 0.3) is 0 Å². The van der Waals surface area contributed by atoms with Crippen LogP contribution in [0.15, 0.2) is 36.7 Å². The zero-order valence-corrected chi connectivity index (χ0v) is 14.6. The second kappa shape index (κ2) is 10.2. The summed E-state index contributed by atoms with van der Waals surface area (Å²) >= 11 is 0. The van der Waals surface area contributed by atoms with Gasteiger partial charge in [-0.05, 0) is 30.5 Å². The Morgan fingerprint density at radius 1 is 1.16 bits per heavy atom. The molecule has 25 heavy (non-hydrogen) atoms. The highest BCUT2D eigenvalue weighted by molar-refractivity contribution is 5.92. The molecule has 7 nitrogen and oxygen atoms in total. The predicted molar refractivity (Wildman–Crippen MR) is 96.0 cm³/mol. The molecule has 0 atom stereocenters. The van der Waals surface area contributed by atoms with Crippen LogP contribution >= 0.6 is 0 Å². The van der Waals surface area contributed by atoms with Crippen LogP contribution in [0.4, 0.5) is 5.82 Å². The third-order valence-electron chi connectivity index (χ3n) is 3.56. The van der Waals surface area contributed by atoms with Crippen molar-refractivity contribution in [2.45, 2.75) is 12.8 Å². The molecule has 0 fully saturated rings. The number of carbonyl (C=O) groups excluding carboxylic acids is 1. The number of methoxy groups -OCH3 is 2. The summed E-state index contributed by atoms with van der Waals surface area (Å²) in [6, 6.07) is 9.43. The van der Waals surface area contributed by atoms with E-state index in [4.69, 9.17) is 9.47 Å². The number of nitrogens with zero attached hydrogens (tertiary/aromatic N) is 2. The van der Waals surface area contributed by atoms with Gasteiger partial charge in [0.15, 0.2) is 0 Å². The van der Waals surface area contributed by atoms with E-state index in [1.54, 1.807) is 20.3 Å². The Bertz CT molecular complexity index is 679. The SMILES string of the molecule is COCCCNc1cc(C(=O)NCCc2cccc(OC)c2)ncn1. The third kappa shape index (κ3) is 6.39. The molecular weight excluding hydrogens is 320 g/mol. The maximum absolute atomic E-state index is 12.2. The Balaban J connectivity index is 1.81. The lowest BCUT2D eigenvalue weighted by Crippen LogP contribution is -2.26. The van der Waals surface area contributed by atoms with Crippen molar-refractivity contribution in [3.05, 3.63) is 47.9 Å². The van der Waals surface area contributed by atoms with Crippen molar-refractivity contribution in [2.75, 3.05) is 39.2 Å². The molecule has 134 valence electrons. The van der Waals surface area contributed by atoms with Gasteiger partial charge in [0.1, 0.15) is 23.6 Å². The van der Waals surface area contributed by atoms with Gasteiger partial charge in [-0.2, -0.15) is 0 Å². The Morgan fingerprint density at radius 2 is 2.04 bits per heavy atom. The largest absolute Gasteiger partial charge is 0.497 e. The summed E-state index contributed by atoms with van der Waals surface area (Å²) in [6.45, 7) is 1.92. The minimum atomic E-state index is -0.217. The van der Waals surface area contributed by atoms with E-state index >= 15 is 0 Å². The Hall–Kier alpha value is -2.67. The second-order valence-corrected chi connectivity index (χ2v) is 5.42. The minimum absolute atomic E-state index is 0.217. The molecule has 2 rings (SSSR count). The van der Waals surface area contributed by atoms with Gasteiger partial charge < -0.3 is 20.1 Å². The normalized spacial score (nSPS) is 10.3. The van der Waals surface area contributed by atoms with Crippen LogP contribution in [0.1, 0.15) is 22.5 Å². The predicted octanol–water partition coefficient (Wildman–Crippen LogP) is 1.91. The Labute approximate surface area is 147 Å². The van der Waals surface area contributed by atoms with Crippen molar-refractivity contribution >= 4 is 11.7 Å². The average Bonchev–Trinajstić information content (AvgIpc) is 2.65. The van der Waals surface area contributed by atoms with E-state index in [-0.39, 0.29) is 5.91 Å². The van der Waals surface area contributed by atoms with Crippen LogP contribution in [0.3, 0.4) is 0 Å². The maximum atomic E-state index is 12.2. The van der Waals surface area contributed by atoms with Gasteiger partial charge in [0.25, 0.3) is 5.91 Å². The van der Waals surface area contributed by atoms with Gasteiger partial charge in [-0.15, -0.1) is 0 Å². The molecule has 2 N–H and O–H groups in total. The minimum Gasteiger partial charge on any atom is -0.497 e. The fraction of sp³-hybridized carbons (Fsp3) is 0.389. The summed E-state index contributed by atoms with van der Waals surface area (Å²) < 4.78 is 10.2. The number of benzene rings is 1. The number of ether oxygens (including phenoxy) is 2. The van der Waals surface area contributed by atoms with E-state index in [2.05, 4.69) is 20.6 Å². The molecule has 0 unspecified atom stereocenters. The molecule has 1 aromatic heterocycles. The summed E-state index contributed by atoms with van der Waals surface area (Å²) in [7, 11) is 3.30. The lowest BCUT2D eigenvalue weighted by Gasteiger charge is -2.08. The van der Waals surface area contributed by atoms with Gasteiger partial charge in [-0.1, -0.05) is 12.1 Å². The second-order valence-electron chi connectivity index (χ2n) is 5.42. The molecule has 0 aliphatic carbocycles. The van der Waals surface area contributed by atoms with Gasteiger partial charge in [0.05, 0.1) is 7.11 Å². The highest BCUT2D eigenvalue weighted by Gasteiger charge is 2.08. The topological polar surface area (TPSA) is 85.4 Å². The van der Waals surface area contributed by atoms with Crippen LogP contribution in [0.2, 0.25) is 0 Å². The molecule has 1 aromatic carbocycles. The van der Waals surface area contributed by atoms with Crippen molar-refractivity contribution in [3.8, 4) is 5.75 Å². The van der Waals surface area contributed by atoms with Crippen molar-refractivity contribution in [1.29, 1.82) is 0 Å². The number of nitrogens with one attached hydrogen (secondary N) is 2. The van der Waals surface area contributed by atoms with Gasteiger partial charge >= 0.3 is 0 Å². The molecule has 1 amide bonds. The van der Waals surface area contributed by atoms with E-state index in [9.17, 15) is 4.79 Å². The first-order chi connectivity index (χ1) is 12.2. The number of hydrogen-bond acceptors (Lipinski definition) is 6. The van der Waals surface area contributed by atoms with E-state index in [0.717, 1.165) is 30.7 Å². The highest BCUT2D eigenvalue weighted by Crippen LogP contribution is 2.12. The molecule has 0 bridgehead atoms. The number of hydrogen-bond donors (Lipinski definition) is 2. The number of amides is 1. The van der Waals surface area contributed by atoms with Crippen molar-refractivity contribution < 1.29 is 14.3 Å². The number of rotatable bonds is 10.